The van der Waals surface area contributed by atoms with E-state index in [1.807, 2.05) is 0 Å². The molecule has 4 nitrogen and oxygen atoms in total. The van der Waals surface area contributed by atoms with E-state index in [9.17, 15) is 9.59 Å². The van der Waals surface area contributed by atoms with E-state index in [0.29, 0.717) is 13.2 Å². The van der Waals surface area contributed by atoms with Gasteiger partial charge in [-0.25, -0.2) is 0 Å². The van der Waals surface area contributed by atoms with Crippen LogP contribution in [0.3, 0.4) is 0 Å². The molecule has 1 unspecified atom stereocenters. The Morgan fingerprint density at radius 2 is 0.655 bits per heavy atom. The molecule has 0 saturated carbocycles. The smallest absolute Gasteiger partial charge is 0.309 e. The average molecular weight is 775 g/mol. The van der Waals surface area contributed by atoms with Crippen LogP contribution in [0.25, 0.3) is 0 Å². The molecular formula is C51H98O4. The quantitative estimate of drug-likeness (QED) is 0.0351. The Bertz CT molecular complexity index is 792. The normalized spacial score (nSPS) is 12.1. The Balaban J connectivity index is 4.18. The average Bonchev–Trinajstić information content (AvgIpc) is 3.19. The molecule has 0 aliphatic rings. The number of hydrogen-bond acceptors (Lipinski definition) is 4. The fourth-order valence-electron chi connectivity index (χ4n) is 7.74. The number of esters is 2. The summed E-state index contributed by atoms with van der Waals surface area (Å²) in [4.78, 5) is 25.9. The van der Waals surface area contributed by atoms with Crippen molar-refractivity contribution in [2.75, 3.05) is 13.2 Å². The minimum absolute atomic E-state index is 0.171. The summed E-state index contributed by atoms with van der Waals surface area (Å²) < 4.78 is 11.4. The topological polar surface area (TPSA) is 52.6 Å². The third-order valence-electron chi connectivity index (χ3n) is 11.6. The summed E-state index contributed by atoms with van der Waals surface area (Å²) in [5.74, 6) is -0.768. The van der Waals surface area contributed by atoms with Crippen molar-refractivity contribution in [3.63, 3.8) is 0 Å². The summed E-state index contributed by atoms with van der Waals surface area (Å²) in [6, 6.07) is 0. The van der Waals surface area contributed by atoms with E-state index >= 15 is 0 Å². The molecule has 0 aliphatic heterocycles. The van der Waals surface area contributed by atoms with Crippen LogP contribution >= 0.6 is 0 Å². The first-order valence-electron chi connectivity index (χ1n) is 25.1. The molecule has 0 heterocycles. The Morgan fingerprint density at radius 3 is 1.05 bits per heavy atom. The summed E-state index contributed by atoms with van der Waals surface area (Å²) in [7, 11) is 0. The number of ether oxygens (including phenoxy) is 2. The van der Waals surface area contributed by atoms with Crippen molar-refractivity contribution in [2.45, 2.75) is 284 Å². The van der Waals surface area contributed by atoms with Crippen LogP contribution in [0, 0.1) is 5.92 Å². The molecule has 0 amide bonds. The summed E-state index contributed by atoms with van der Waals surface area (Å²) in [6.07, 6.45) is 55.9. The van der Waals surface area contributed by atoms with Gasteiger partial charge in [-0.15, -0.1) is 0 Å². The first kappa shape index (κ1) is 53.7. The molecule has 0 aromatic heterocycles. The molecule has 0 bridgehead atoms. The molecule has 0 N–H and O–H groups in total. The van der Waals surface area contributed by atoms with E-state index in [1.54, 1.807) is 0 Å². The van der Waals surface area contributed by atoms with Gasteiger partial charge in [-0.2, -0.15) is 0 Å². The van der Waals surface area contributed by atoms with Gasteiger partial charge in [0.05, 0.1) is 25.6 Å². The van der Waals surface area contributed by atoms with Crippen molar-refractivity contribution in [3.05, 3.63) is 12.2 Å². The predicted octanol–water partition coefficient (Wildman–Crippen LogP) is 17.3. The highest BCUT2D eigenvalue weighted by molar-refractivity contribution is 5.79. The van der Waals surface area contributed by atoms with E-state index in [0.717, 1.165) is 44.9 Å². The van der Waals surface area contributed by atoms with Gasteiger partial charge < -0.3 is 9.47 Å². The zero-order chi connectivity index (χ0) is 40.0. The Kier molecular flexibility index (Phi) is 45.9. The van der Waals surface area contributed by atoms with Gasteiger partial charge in [-0.05, 0) is 44.9 Å². The second kappa shape index (κ2) is 47.1. The Hall–Kier alpha value is -1.32. The van der Waals surface area contributed by atoms with Gasteiger partial charge >= 0.3 is 11.9 Å². The van der Waals surface area contributed by atoms with Crippen LogP contribution in [0.4, 0.5) is 0 Å². The van der Waals surface area contributed by atoms with Gasteiger partial charge in [0.1, 0.15) is 0 Å². The van der Waals surface area contributed by atoms with E-state index in [-0.39, 0.29) is 24.3 Å². The zero-order valence-electron chi connectivity index (χ0n) is 37.8. The largest absolute Gasteiger partial charge is 0.466 e. The number of carbonyl (C=O) groups is 2. The molecular weight excluding hydrogens is 677 g/mol. The standard InChI is InChI=1S/C51H98O4/c1-4-7-10-13-16-19-22-23-24-25-26-27-28-29-30-33-36-39-42-45-49(51(53)55-47-44-41-38-35-32-21-18-15-12-9-6-3)48-50(52)54-46-43-40-37-34-31-20-17-14-11-8-5-2/h16,19,49H,4-15,17-18,20-48H2,1-3H3/b19-16+. The van der Waals surface area contributed by atoms with Gasteiger partial charge in [0, 0.05) is 0 Å². The van der Waals surface area contributed by atoms with Crippen LogP contribution in [0.1, 0.15) is 284 Å². The minimum atomic E-state index is -0.362. The molecule has 326 valence electrons. The highest BCUT2D eigenvalue weighted by Gasteiger charge is 2.24. The lowest BCUT2D eigenvalue weighted by molar-refractivity contribution is -0.155. The van der Waals surface area contributed by atoms with Crippen LogP contribution in [-0.2, 0) is 19.1 Å². The molecule has 4 heteroatoms. The number of carbonyl (C=O) groups excluding carboxylic acids is 2. The van der Waals surface area contributed by atoms with Gasteiger partial charge in [0.25, 0.3) is 0 Å². The number of hydrogen-bond donors (Lipinski definition) is 0. The fraction of sp³-hybridized carbons (Fsp3) is 0.922. The molecule has 0 spiro atoms. The summed E-state index contributed by atoms with van der Waals surface area (Å²) in [5.41, 5.74) is 0. The third-order valence-corrected chi connectivity index (χ3v) is 11.6. The van der Waals surface area contributed by atoms with Gasteiger partial charge in [0.2, 0.25) is 0 Å². The van der Waals surface area contributed by atoms with Crippen LogP contribution in [0.5, 0.6) is 0 Å². The summed E-state index contributed by atoms with van der Waals surface area (Å²) >= 11 is 0. The molecule has 0 aliphatic carbocycles. The van der Waals surface area contributed by atoms with Gasteiger partial charge in [-0.1, -0.05) is 245 Å². The monoisotopic (exact) mass is 775 g/mol. The SMILES string of the molecule is CCCCC/C=C/CCCCCCCCCCCCCCC(CC(=O)OCCCCCCCCCCCCC)C(=O)OCCCCCCCCCCCCC. The van der Waals surface area contributed by atoms with E-state index in [2.05, 4.69) is 32.9 Å². The van der Waals surface area contributed by atoms with Crippen molar-refractivity contribution >= 4 is 11.9 Å². The van der Waals surface area contributed by atoms with Gasteiger partial charge in [-0.3, -0.25) is 9.59 Å². The van der Waals surface area contributed by atoms with Crippen molar-refractivity contribution < 1.29 is 19.1 Å². The molecule has 0 aromatic rings. The van der Waals surface area contributed by atoms with Crippen LogP contribution in [-0.4, -0.2) is 25.2 Å². The molecule has 0 radical (unpaired) electrons. The first-order valence-corrected chi connectivity index (χ1v) is 25.1. The van der Waals surface area contributed by atoms with Crippen LogP contribution in [0.15, 0.2) is 12.2 Å². The second-order valence-electron chi connectivity index (χ2n) is 17.1. The fourth-order valence-corrected chi connectivity index (χ4v) is 7.74. The highest BCUT2D eigenvalue weighted by Crippen LogP contribution is 2.20. The lowest BCUT2D eigenvalue weighted by Gasteiger charge is -2.16. The van der Waals surface area contributed by atoms with Crippen LogP contribution in [0.2, 0.25) is 0 Å². The van der Waals surface area contributed by atoms with Crippen molar-refractivity contribution in [2.24, 2.45) is 5.92 Å². The highest BCUT2D eigenvalue weighted by atomic mass is 16.5. The second-order valence-corrected chi connectivity index (χ2v) is 17.1. The number of rotatable bonds is 46. The molecule has 0 saturated heterocycles. The van der Waals surface area contributed by atoms with Crippen LogP contribution < -0.4 is 0 Å². The zero-order valence-corrected chi connectivity index (χ0v) is 37.8. The molecule has 55 heavy (non-hydrogen) atoms. The number of allylic oxidation sites excluding steroid dienone is 2. The third kappa shape index (κ3) is 43.6. The van der Waals surface area contributed by atoms with Crippen molar-refractivity contribution in [1.29, 1.82) is 0 Å². The van der Waals surface area contributed by atoms with Crippen molar-refractivity contribution in [1.82, 2.24) is 0 Å². The summed E-state index contributed by atoms with van der Waals surface area (Å²) in [5, 5.41) is 0. The maximum Gasteiger partial charge on any atom is 0.309 e. The number of unbranched alkanes of at least 4 members (excludes halogenated alkanes) is 35. The maximum atomic E-state index is 13.1. The van der Waals surface area contributed by atoms with Crippen molar-refractivity contribution in [3.8, 4) is 0 Å². The van der Waals surface area contributed by atoms with E-state index < -0.39 is 0 Å². The molecule has 0 fully saturated rings. The Morgan fingerprint density at radius 1 is 0.364 bits per heavy atom. The lowest BCUT2D eigenvalue weighted by atomic mass is 9.97. The summed E-state index contributed by atoms with van der Waals surface area (Å²) in [6.45, 7) is 7.78. The molecule has 0 rings (SSSR count). The van der Waals surface area contributed by atoms with Gasteiger partial charge in [0.15, 0.2) is 0 Å². The van der Waals surface area contributed by atoms with E-state index in [1.165, 1.54) is 212 Å². The van der Waals surface area contributed by atoms with E-state index in [4.69, 9.17) is 9.47 Å². The first-order chi connectivity index (χ1) is 27.2. The lowest BCUT2D eigenvalue weighted by Crippen LogP contribution is -2.23. The molecule has 0 aromatic carbocycles. The maximum absolute atomic E-state index is 13.1. The predicted molar refractivity (Wildman–Crippen MR) is 241 cm³/mol. The molecule has 1 atom stereocenters. The minimum Gasteiger partial charge on any atom is -0.466 e. The Labute approximate surface area is 345 Å².